The van der Waals surface area contributed by atoms with Crippen molar-refractivity contribution in [3.8, 4) is 11.4 Å². The summed E-state index contributed by atoms with van der Waals surface area (Å²) >= 11 is 0. The van der Waals surface area contributed by atoms with Crippen LogP contribution in [0.2, 0.25) is 0 Å². The lowest BCUT2D eigenvalue weighted by Gasteiger charge is -2.01. The number of hydrogen-bond acceptors (Lipinski definition) is 5. The lowest BCUT2D eigenvalue weighted by atomic mass is 10.2. The minimum atomic E-state index is -0.667. The summed E-state index contributed by atoms with van der Waals surface area (Å²) in [7, 11) is 0. The molecule has 0 spiro atoms. The van der Waals surface area contributed by atoms with Crippen LogP contribution in [0.3, 0.4) is 0 Å². The van der Waals surface area contributed by atoms with Crippen LogP contribution >= 0.6 is 0 Å². The van der Waals surface area contributed by atoms with Gasteiger partial charge in [0, 0.05) is 23.7 Å². The highest BCUT2D eigenvalue weighted by molar-refractivity contribution is 5.94. The second-order valence-corrected chi connectivity index (χ2v) is 4.90. The van der Waals surface area contributed by atoms with Crippen LogP contribution in [-0.2, 0) is 0 Å². The van der Waals surface area contributed by atoms with Gasteiger partial charge in [-0.3, -0.25) is 4.79 Å². The van der Waals surface area contributed by atoms with Gasteiger partial charge in [-0.2, -0.15) is 4.98 Å². The molecule has 6 nitrogen and oxygen atoms in total. The zero-order valence-corrected chi connectivity index (χ0v) is 13.3. The lowest BCUT2D eigenvalue weighted by Crippen LogP contribution is -2.26. The molecule has 0 aliphatic carbocycles. The number of carbonyl (C=O) groups excluding carboxylic acids is 1. The molecule has 0 saturated heterocycles. The van der Waals surface area contributed by atoms with E-state index in [1.54, 1.807) is 0 Å². The summed E-state index contributed by atoms with van der Waals surface area (Å²) in [5.74, 6) is -1.86. The van der Waals surface area contributed by atoms with Crippen molar-refractivity contribution in [1.82, 2.24) is 15.5 Å². The Hall–Kier alpha value is -3.20. The lowest BCUT2D eigenvalue weighted by molar-refractivity contribution is 0.0944. The van der Waals surface area contributed by atoms with Crippen LogP contribution in [0.1, 0.15) is 10.4 Å². The molecule has 1 heterocycles. The van der Waals surface area contributed by atoms with Crippen molar-refractivity contribution in [3.05, 3.63) is 71.9 Å². The monoisotopic (exact) mass is 365 g/mol. The van der Waals surface area contributed by atoms with E-state index in [0.29, 0.717) is 5.56 Å². The zero-order valence-electron chi connectivity index (χ0n) is 13.3. The number of aliphatic hydroxyl groups excluding tert-OH is 1. The molecule has 2 N–H and O–H groups in total. The molecule has 2 aromatic carbocycles. The van der Waals surface area contributed by atoms with Crippen molar-refractivity contribution in [3.63, 3.8) is 0 Å². The molecule has 9 heteroatoms. The van der Waals surface area contributed by atoms with E-state index >= 15 is 0 Å². The molecule has 0 aliphatic heterocycles. The molecule has 0 fully saturated rings. The Kier molecular flexibility index (Phi) is 6.86. The molecular weight excluding hydrogens is 351 g/mol. The number of carbonyl (C=O) groups is 1. The Morgan fingerprint density at radius 1 is 1.04 bits per heavy atom. The molecular formula is C17H14F3N3O3. The summed E-state index contributed by atoms with van der Waals surface area (Å²) < 4.78 is 42.3. The molecule has 0 unspecified atom stereocenters. The highest BCUT2D eigenvalue weighted by Gasteiger charge is 2.06. The highest BCUT2D eigenvalue weighted by atomic mass is 19.1. The maximum Gasteiger partial charge on any atom is 0.251 e. The largest absolute Gasteiger partial charge is 0.395 e. The Labute approximate surface area is 146 Å². The zero-order chi connectivity index (χ0) is 18.9. The minimum absolute atomic E-state index is 0.104. The van der Waals surface area contributed by atoms with Crippen molar-refractivity contribution >= 4 is 5.91 Å². The van der Waals surface area contributed by atoms with Gasteiger partial charge in [0.2, 0.25) is 12.2 Å². The fraction of sp³-hybridized carbons (Fsp3) is 0.118. The molecule has 0 aliphatic rings. The first-order valence-electron chi connectivity index (χ1n) is 7.37. The van der Waals surface area contributed by atoms with E-state index in [1.165, 1.54) is 24.3 Å². The van der Waals surface area contributed by atoms with Crippen molar-refractivity contribution in [2.45, 2.75) is 0 Å². The maximum absolute atomic E-state index is 12.7. The van der Waals surface area contributed by atoms with Gasteiger partial charge in [-0.15, -0.1) is 0 Å². The minimum Gasteiger partial charge on any atom is -0.395 e. The van der Waals surface area contributed by atoms with Crippen LogP contribution in [-0.4, -0.2) is 34.3 Å². The van der Waals surface area contributed by atoms with E-state index in [-0.39, 0.29) is 36.3 Å². The van der Waals surface area contributed by atoms with Crippen molar-refractivity contribution in [2.75, 3.05) is 13.2 Å². The molecule has 0 bridgehead atoms. The van der Waals surface area contributed by atoms with Gasteiger partial charge in [0.25, 0.3) is 5.91 Å². The number of halogens is 3. The second kappa shape index (κ2) is 9.33. The number of aromatic nitrogens is 2. The fourth-order valence-electron chi connectivity index (χ4n) is 1.85. The first-order chi connectivity index (χ1) is 12.5. The molecule has 0 atom stereocenters. The molecule has 3 rings (SSSR count). The Morgan fingerprint density at radius 2 is 1.69 bits per heavy atom. The van der Waals surface area contributed by atoms with Crippen molar-refractivity contribution in [2.24, 2.45) is 0 Å². The summed E-state index contributed by atoms with van der Waals surface area (Å²) in [5, 5.41) is 14.3. The van der Waals surface area contributed by atoms with Gasteiger partial charge in [0.1, 0.15) is 17.5 Å². The van der Waals surface area contributed by atoms with Gasteiger partial charge < -0.3 is 14.9 Å². The molecule has 0 radical (unpaired) electrons. The first-order valence-corrected chi connectivity index (χ1v) is 7.37. The molecule has 136 valence electrons. The summed E-state index contributed by atoms with van der Waals surface area (Å²) in [4.78, 5) is 14.8. The SMILES string of the molecule is Fc1cc(F)cc(-c2ncon2)c1.O=C(NCCO)c1ccc(F)cc1. The van der Waals surface area contributed by atoms with Crippen LogP contribution in [0.25, 0.3) is 11.4 Å². The number of amides is 1. The van der Waals surface area contributed by atoms with Crippen molar-refractivity contribution in [1.29, 1.82) is 0 Å². The van der Waals surface area contributed by atoms with E-state index in [0.717, 1.165) is 24.6 Å². The van der Waals surface area contributed by atoms with Crippen molar-refractivity contribution < 1.29 is 27.6 Å². The smallest absolute Gasteiger partial charge is 0.251 e. The van der Waals surface area contributed by atoms with Gasteiger partial charge in [-0.1, -0.05) is 5.16 Å². The third kappa shape index (κ3) is 5.71. The van der Waals surface area contributed by atoms with Crippen LogP contribution < -0.4 is 5.32 Å². The maximum atomic E-state index is 12.7. The quantitative estimate of drug-likeness (QED) is 0.742. The average Bonchev–Trinajstić information content (AvgIpc) is 3.15. The Morgan fingerprint density at radius 3 is 2.23 bits per heavy atom. The van der Waals surface area contributed by atoms with Gasteiger partial charge in [0.15, 0.2) is 0 Å². The number of aliphatic hydroxyl groups is 1. The number of nitrogens with zero attached hydrogens (tertiary/aromatic N) is 2. The van der Waals surface area contributed by atoms with E-state index < -0.39 is 11.6 Å². The first kappa shape index (κ1) is 19.1. The average molecular weight is 365 g/mol. The standard InChI is InChI=1S/C9H10FNO2.C8H4F2N2O/c10-8-3-1-7(2-4-8)9(13)11-5-6-12;9-6-1-5(2-7(10)3-6)8-11-4-13-12-8/h1-4,12H,5-6H2,(H,11,13);1-4H. The molecule has 3 aromatic rings. The summed E-state index contributed by atoms with van der Waals surface area (Å²) in [6.45, 7) is 0.100. The fourth-order valence-corrected chi connectivity index (χ4v) is 1.85. The van der Waals surface area contributed by atoms with Gasteiger partial charge in [0.05, 0.1) is 6.61 Å². The molecule has 1 amide bonds. The second-order valence-electron chi connectivity index (χ2n) is 4.90. The normalized spacial score (nSPS) is 10.0. The van der Waals surface area contributed by atoms with Crippen LogP contribution in [0.4, 0.5) is 13.2 Å². The van der Waals surface area contributed by atoms with Gasteiger partial charge in [-0.05, 0) is 36.4 Å². The summed E-state index contributed by atoms with van der Waals surface area (Å²) in [5.41, 5.74) is 0.640. The van der Waals surface area contributed by atoms with E-state index in [4.69, 9.17) is 5.11 Å². The van der Waals surface area contributed by atoms with Crippen LogP contribution in [0.15, 0.2) is 53.4 Å². The third-order valence-corrected chi connectivity index (χ3v) is 2.99. The third-order valence-electron chi connectivity index (χ3n) is 2.99. The summed E-state index contributed by atoms with van der Waals surface area (Å²) in [6, 6.07) is 8.26. The topological polar surface area (TPSA) is 88.2 Å². The molecule has 26 heavy (non-hydrogen) atoms. The van der Waals surface area contributed by atoms with Gasteiger partial charge >= 0.3 is 0 Å². The highest BCUT2D eigenvalue weighted by Crippen LogP contribution is 2.17. The van der Waals surface area contributed by atoms with E-state index in [1.807, 2.05) is 0 Å². The number of benzene rings is 2. The Balaban J connectivity index is 0.000000187. The predicted octanol–water partition coefficient (Wildman–Crippen LogP) is 2.56. The Bertz CT molecular complexity index is 820. The van der Waals surface area contributed by atoms with Crippen LogP contribution in [0, 0.1) is 17.5 Å². The van der Waals surface area contributed by atoms with E-state index in [9.17, 15) is 18.0 Å². The predicted molar refractivity (Wildman–Crippen MR) is 85.5 cm³/mol. The molecule has 0 saturated carbocycles. The number of rotatable bonds is 4. The van der Waals surface area contributed by atoms with Crippen LogP contribution in [0.5, 0.6) is 0 Å². The molecule has 1 aromatic heterocycles. The summed E-state index contributed by atoms with van der Waals surface area (Å²) in [6.07, 6.45) is 1.10. The number of hydrogen-bond donors (Lipinski definition) is 2. The number of nitrogens with one attached hydrogen (secondary N) is 1. The van der Waals surface area contributed by atoms with Gasteiger partial charge in [-0.25, -0.2) is 13.2 Å². The van der Waals surface area contributed by atoms with E-state index in [2.05, 4.69) is 20.0 Å².